The average molecular weight is 302 g/mol. The predicted molar refractivity (Wildman–Crippen MR) is 89.9 cm³/mol. The smallest absolute Gasteiger partial charge is 0.336 e. The van der Waals surface area contributed by atoms with E-state index in [9.17, 15) is 4.79 Å². The monoisotopic (exact) mass is 302 g/mol. The van der Waals surface area contributed by atoms with Crippen LogP contribution in [0.5, 0.6) is 0 Å². The van der Waals surface area contributed by atoms with Crippen molar-refractivity contribution in [1.29, 1.82) is 0 Å². The highest BCUT2D eigenvalue weighted by Crippen LogP contribution is 2.24. The fourth-order valence-corrected chi connectivity index (χ4v) is 2.66. The van der Waals surface area contributed by atoms with Gasteiger partial charge in [-0.2, -0.15) is 0 Å². The van der Waals surface area contributed by atoms with Gasteiger partial charge in [0.15, 0.2) is 5.17 Å². The first-order chi connectivity index (χ1) is 10.0. The van der Waals surface area contributed by atoms with Gasteiger partial charge in [-0.05, 0) is 42.7 Å². The Balaban J connectivity index is 2.37. The molecule has 0 bridgehead atoms. The van der Waals surface area contributed by atoms with E-state index in [2.05, 4.69) is 11.6 Å². The van der Waals surface area contributed by atoms with Crippen molar-refractivity contribution in [1.82, 2.24) is 0 Å². The Morgan fingerprint density at radius 3 is 2.81 bits per heavy atom. The second kappa shape index (κ2) is 6.63. The Morgan fingerprint density at radius 2 is 2.10 bits per heavy atom. The third-order valence-electron chi connectivity index (χ3n) is 3.20. The first-order valence-corrected chi connectivity index (χ1v) is 7.57. The SMILES string of the molecule is C=CCN=C(N)SCc1cc(=O)oc2cc(C)c(C)cc12. The van der Waals surface area contributed by atoms with Crippen molar-refractivity contribution in [2.75, 3.05) is 6.54 Å². The van der Waals surface area contributed by atoms with Gasteiger partial charge in [0.25, 0.3) is 0 Å². The molecule has 110 valence electrons. The summed E-state index contributed by atoms with van der Waals surface area (Å²) in [5.41, 5.74) is 9.25. The Bertz CT molecular complexity index is 763. The van der Waals surface area contributed by atoms with Crippen LogP contribution in [0.2, 0.25) is 0 Å². The van der Waals surface area contributed by atoms with Crippen LogP contribution in [0.1, 0.15) is 16.7 Å². The van der Waals surface area contributed by atoms with Crippen LogP contribution in [0.15, 0.2) is 45.1 Å². The molecule has 0 aliphatic heterocycles. The summed E-state index contributed by atoms with van der Waals surface area (Å²) in [7, 11) is 0. The van der Waals surface area contributed by atoms with Gasteiger partial charge in [0.1, 0.15) is 5.58 Å². The summed E-state index contributed by atoms with van der Waals surface area (Å²) >= 11 is 1.40. The molecule has 5 heteroatoms. The summed E-state index contributed by atoms with van der Waals surface area (Å²) in [6.07, 6.45) is 1.69. The minimum Gasteiger partial charge on any atom is -0.423 e. The summed E-state index contributed by atoms with van der Waals surface area (Å²) < 4.78 is 5.27. The zero-order chi connectivity index (χ0) is 15.4. The highest BCUT2D eigenvalue weighted by Gasteiger charge is 2.08. The van der Waals surface area contributed by atoms with Gasteiger partial charge in [0.05, 0.1) is 6.54 Å². The molecule has 1 aromatic carbocycles. The number of amidine groups is 1. The van der Waals surface area contributed by atoms with E-state index in [0.717, 1.165) is 22.1 Å². The molecule has 0 fully saturated rings. The first kappa shape index (κ1) is 15.4. The van der Waals surface area contributed by atoms with E-state index >= 15 is 0 Å². The van der Waals surface area contributed by atoms with Gasteiger partial charge >= 0.3 is 5.63 Å². The fourth-order valence-electron chi connectivity index (χ4n) is 1.95. The lowest BCUT2D eigenvalue weighted by molar-refractivity contribution is 0.559. The van der Waals surface area contributed by atoms with Crippen molar-refractivity contribution in [3.05, 3.63) is 58.0 Å². The van der Waals surface area contributed by atoms with E-state index in [1.807, 2.05) is 26.0 Å². The number of fused-ring (bicyclic) bond motifs is 1. The topological polar surface area (TPSA) is 68.6 Å². The van der Waals surface area contributed by atoms with E-state index < -0.39 is 0 Å². The maximum absolute atomic E-state index is 11.7. The van der Waals surface area contributed by atoms with Crippen LogP contribution >= 0.6 is 11.8 Å². The van der Waals surface area contributed by atoms with Crippen molar-refractivity contribution in [3.63, 3.8) is 0 Å². The molecule has 1 heterocycles. The molecule has 21 heavy (non-hydrogen) atoms. The number of rotatable bonds is 4. The van der Waals surface area contributed by atoms with Gasteiger partial charge in [-0.25, -0.2) is 4.79 Å². The highest BCUT2D eigenvalue weighted by atomic mass is 32.2. The molecular weight excluding hydrogens is 284 g/mol. The zero-order valence-corrected chi connectivity index (χ0v) is 13.0. The molecule has 0 unspecified atom stereocenters. The van der Waals surface area contributed by atoms with Crippen LogP contribution in [0.3, 0.4) is 0 Å². The van der Waals surface area contributed by atoms with Crippen LogP contribution < -0.4 is 11.4 Å². The van der Waals surface area contributed by atoms with Gasteiger partial charge in [-0.1, -0.05) is 17.8 Å². The largest absolute Gasteiger partial charge is 0.423 e. The third-order valence-corrected chi connectivity index (χ3v) is 4.08. The van der Waals surface area contributed by atoms with Crippen LogP contribution in [-0.2, 0) is 5.75 Å². The van der Waals surface area contributed by atoms with E-state index in [1.165, 1.54) is 17.8 Å². The number of aryl methyl sites for hydroxylation is 2. The number of aliphatic imine (C=N–C) groups is 1. The molecule has 0 aliphatic rings. The summed E-state index contributed by atoms with van der Waals surface area (Å²) in [5, 5.41) is 1.43. The molecule has 0 saturated heterocycles. The van der Waals surface area contributed by atoms with Crippen LogP contribution in [-0.4, -0.2) is 11.7 Å². The molecule has 4 nitrogen and oxygen atoms in total. The van der Waals surface area contributed by atoms with Gasteiger partial charge in [0, 0.05) is 17.2 Å². The lowest BCUT2D eigenvalue weighted by atomic mass is 10.0. The van der Waals surface area contributed by atoms with Gasteiger partial charge in [-0.15, -0.1) is 6.58 Å². The molecule has 0 aliphatic carbocycles. The minimum absolute atomic E-state index is 0.344. The van der Waals surface area contributed by atoms with E-state index in [-0.39, 0.29) is 5.63 Å². The lowest BCUT2D eigenvalue weighted by Gasteiger charge is -2.08. The third kappa shape index (κ3) is 3.76. The molecule has 0 radical (unpaired) electrons. The maximum Gasteiger partial charge on any atom is 0.336 e. The quantitative estimate of drug-likeness (QED) is 0.408. The van der Waals surface area contributed by atoms with E-state index in [4.69, 9.17) is 10.2 Å². The molecule has 0 amide bonds. The van der Waals surface area contributed by atoms with Gasteiger partial charge in [0.2, 0.25) is 0 Å². The molecule has 0 atom stereocenters. The summed E-state index contributed by atoms with van der Waals surface area (Å²) in [6.45, 7) is 8.13. The summed E-state index contributed by atoms with van der Waals surface area (Å²) in [4.78, 5) is 15.8. The molecular formula is C16H18N2O2S. The molecule has 1 aromatic heterocycles. The van der Waals surface area contributed by atoms with Crippen LogP contribution in [0, 0.1) is 13.8 Å². The number of nitrogens with two attached hydrogens (primary N) is 1. The van der Waals surface area contributed by atoms with Crippen molar-refractivity contribution < 1.29 is 4.42 Å². The zero-order valence-electron chi connectivity index (χ0n) is 12.2. The van der Waals surface area contributed by atoms with Crippen molar-refractivity contribution in [3.8, 4) is 0 Å². The summed E-state index contributed by atoms with van der Waals surface area (Å²) in [6, 6.07) is 5.46. The highest BCUT2D eigenvalue weighted by molar-refractivity contribution is 8.13. The standard InChI is InChI=1S/C16H18N2O2S/c1-4-5-18-16(17)21-9-12-8-15(19)20-14-7-11(3)10(2)6-13(12)14/h4,6-8H,1,5,9H2,2-3H3,(H2,17,18). The van der Waals surface area contributed by atoms with E-state index in [1.54, 1.807) is 6.08 Å². The van der Waals surface area contributed by atoms with Crippen LogP contribution in [0.25, 0.3) is 11.0 Å². The van der Waals surface area contributed by atoms with Crippen molar-refractivity contribution in [2.45, 2.75) is 19.6 Å². The molecule has 0 saturated carbocycles. The number of hydrogen-bond donors (Lipinski definition) is 1. The fraction of sp³-hybridized carbons (Fsp3) is 0.250. The Kier molecular flexibility index (Phi) is 4.85. The Morgan fingerprint density at radius 1 is 1.38 bits per heavy atom. The summed E-state index contributed by atoms with van der Waals surface area (Å²) in [5.74, 6) is 0.580. The van der Waals surface area contributed by atoms with E-state index in [0.29, 0.717) is 23.0 Å². The van der Waals surface area contributed by atoms with Crippen molar-refractivity contribution in [2.24, 2.45) is 10.7 Å². The van der Waals surface area contributed by atoms with Gasteiger partial charge in [-0.3, -0.25) is 4.99 Å². The minimum atomic E-state index is -0.344. The number of benzene rings is 1. The second-order valence-corrected chi connectivity index (χ2v) is 5.78. The average Bonchev–Trinajstić information content (AvgIpc) is 2.44. The van der Waals surface area contributed by atoms with Gasteiger partial charge < -0.3 is 10.2 Å². The molecule has 2 rings (SSSR count). The molecule has 2 aromatic rings. The first-order valence-electron chi connectivity index (χ1n) is 6.59. The van der Waals surface area contributed by atoms with Crippen molar-refractivity contribution >= 4 is 27.9 Å². The lowest BCUT2D eigenvalue weighted by Crippen LogP contribution is -2.08. The predicted octanol–water partition coefficient (Wildman–Crippen LogP) is 3.14. The number of thioether (sulfide) groups is 1. The Hall–Kier alpha value is -2.01. The molecule has 2 N–H and O–H groups in total. The Labute approximate surface area is 127 Å². The molecule has 0 spiro atoms. The maximum atomic E-state index is 11.7. The van der Waals surface area contributed by atoms with Crippen LogP contribution in [0.4, 0.5) is 0 Å². The normalized spacial score (nSPS) is 11.8. The number of nitrogens with zero attached hydrogens (tertiary/aromatic N) is 1. The second-order valence-electron chi connectivity index (χ2n) is 4.78. The number of hydrogen-bond acceptors (Lipinski definition) is 4.